The summed E-state index contributed by atoms with van der Waals surface area (Å²) in [5, 5.41) is 11.5. The number of amides is 1. The van der Waals surface area contributed by atoms with Gasteiger partial charge >= 0.3 is 12.1 Å². The van der Waals surface area contributed by atoms with Gasteiger partial charge in [0.25, 0.3) is 0 Å². The highest BCUT2D eigenvalue weighted by Gasteiger charge is 2.29. The average Bonchev–Trinajstić information content (AvgIpc) is 3.21. The molecule has 8 nitrogen and oxygen atoms in total. The average molecular weight is 492 g/mol. The topological polar surface area (TPSA) is 103 Å². The molecule has 36 heavy (non-hydrogen) atoms. The highest BCUT2D eigenvalue weighted by Crippen LogP contribution is 2.45. The summed E-state index contributed by atoms with van der Waals surface area (Å²) in [5.41, 5.74) is 4.90. The third-order valence-electron chi connectivity index (χ3n) is 6.10. The van der Waals surface area contributed by atoms with Crippen molar-refractivity contribution in [2.45, 2.75) is 25.2 Å². The summed E-state index contributed by atoms with van der Waals surface area (Å²) in [5.74, 6) is 0.301. The molecule has 188 valence electrons. The number of rotatable bonds is 11. The van der Waals surface area contributed by atoms with Crippen molar-refractivity contribution in [3.63, 3.8) is 0 Å². The first kappa shape index (κ1) is 24.9. The molecule has 0 saturated carbocycles. The Morgan fingerprint density at radius 2 is 1.47 bits per heavy atom. The number of unbranched alkanes of at least 4 members (excludes halogenated alkanes) is 1. The number of anilines is 1. The van der Waals surface area contributed by atoms with Crippen molar-refractivity contribution in [2.75, 3.05) is 32.8 Å². The Balaban J connectivity index is 1.42. The summed E-state index contributed by atoms with van der Waals surface area (Å²) in [7, 11) is 2.96. The lowest BCUT2D eigenvalue weighted by atomic mass is 9.98. The van der Waals surface area contributed by atoms with Crippen LogP contribution in [0, 0.1) is 0 Å². The molecular weight excluding hydrogens is 462 g/mol. The Bertz CT molecular complexity index is 1170. The van der Waals surface area contributed by atoms with Crippen LogP contribution >= 0.6 is 0 Å². The fourth-order valence-corrected chi connectivity index (χ4v) is 4.40. The molecule has 0 fully saturated rings. The number of carboxylic acid groups (broad SMARTS) is 1. The highest BCUT2D eigenvalue weighted by molar-refractivity contribution is 5.90. The van der Waals surface area contributed by atoms with Crippen LogP contribution in [0.15, 0.2) is 60.7 Å². The van der Waals surface area contributed by atoms with Crippen LogP contribution in [0.2, 0.25) is 0 Å². The molecule has 4 rings (SSSR count). The fraction of sp³-hybridized carbons (Fsp3) is 0.286. The van der Waals surface area contributed by atoms with Crippen molar-refractivity contribution in [3.05, 3.63) is 71.8 Å². The zero-order chi connectivity index (χ0) is 25.5. The van der Waals surface area contributed by atoms with Crippen molar-refractivity contribution >= 4 is 17.7 Å². The molecule has 0 aliphatic heterocycles. The number of methoxy groups -OCH3 is 2. The molecule has 3 aromatic rings. The van der Waals surface area contributed by atoms with Gasteiger partial charge in [0, 0.05) is 24.5 Å². The number of benzene rings is 3. The van der Waals surface area contributed by atoms with Crippen molar-refractivity contribution < 1.29 is 33.6 Å². The molecule has 0 saturated heterocycles. The first-order valence-corrected chi connectivity index (χ1v) is 11.7. The van der Waals surface area contributed by atoms with Gasteiger partial charge in [0.1, 0.15) is 29.5 Å². The largest absolute Gasteiger partial charge is 0.494 e. The van der Waals surface area contributed by atoms with Gasteiger partial charge in [-0.05, 0) is 35.1 Å². The molecular formula is C28H29NO7. The first-order chi connectivity index (χ1) is 17.5. The van der Waals surface area contributed by atoms with Gasteiger partial charge in [-0.25, -0.2) is 4.79 Å². The summed E-state index contributed by atoms with van der Waals surface area (Å²) in [4.78, 5) is 23.4. The van der Waals surface area contributed by atoms with E-state index in [4.69, 9.17) is 24.1 Å². The van der Waals surface area contributed by atoms with Crippen molar-refractivity contribution in [2.24, 2.45) is 0 Å². The summed E-state index contributed by atoms with van der Waals surface area (Å²) in [6.07, 6.45) is 0.580. The minimum atomic E-state index is -0.831. The lowest BCUT2D eigenvalue weighted by Crippen LogP contribution is -2.18. The number of carbonyl (C=O) groups excluding carboxylic acids is 1. The van der Waals surface area contributed by atoms with Gasteiger partial charge < -0.3 is 24.1 Å². The van der Waals surface area contributed by atoms with E-state index in [-0.39, 0.29) is 18.9 Å². The third-order valence-corrected chi connectivity index (χ3v) is 6.10. The molecule has 0 atom stereocenters. The van der Waals surface area contributed by atoms with Crippen molar-refractivity contribution in [1.29, 1.82) is 0 Å². The van der Waals surface area contributed by atoms with Gasteiger partial charge in [0.2, 0.25) is 0 Å². The van der Waals surface area contributed by atoms with E-state index >= 15 is 0 Å². The van der Waals surface area contributed by atoms with E-state index in [0.29, 0.717) is 42.4 Å². The van der Waals surface area contributed by atoms with Gasteiger partial charge in [0.15, 0.2) is 0 Å². The lowest BCUT2D eigenvalue weighted by molar-refractivity contribution is -0.137. The van der Waals surface area contributed by atoms with E-state index in [2.05, 4.69) is 29.6 Å². The van der Waals surface area contributed by atoms with E-state index in [0.717, 1.165) is 22.3 Å². The molecule has 0 radical (unpaired) electrons. The van der Waals surface area contributed by atoms with E-state index in [1.54, 1.807) is 12.1 Å². The molecule has 0 unspecified atom stereocenters. The summed E-state index contributed by atoms with van der Waals surface area (Å²) in [6.45, 7) is 0.529. The Hall–Kier alpha value is -4.20. The van der Waals surface area contributed by atoms with Gasteiger partial charge in [-0.1, -0.05) is 48.5 Å². The van der Waals surface area contributed by atoms with Crippen LogP contribution in [-0.2, 0) is 9.53 Å². The summed E-state index contributed by atoms with van der Waals surface area (Å²) >= 11 is 0. The summed E-state index contributed by atoms with van der Waals surface area (Å²) < 4.78 is 22.3. The maximum absolute atomic E-state index is 12.8. The van der Waals surface area contributed by atoms with E-state index in [1.807, 2.05) is 24.3 Å². The van der Waals surface area contributed by atoms with Crippen LogP contribution in [0.25, 0.3) is 11.1 Å². The molecule has 2 N–H and O–H groups in total. The van der Waals surface area contributed by atoms with Crippen LogP contribution in [-0.4, -0.2) is 44.6 Å². The van der Waals surface area contributed by atoms with Gasteiger partial charge in [-0.2, -0.15) is 0 Å². The van der Waals surface area contributed by atoms with Gasteiger partial charge in [0.05, 0.1) is 20.8 Å². The molecule has 0 bridgehead atoms. The Morgan fingerprint density at radius 3 is 2.03 bits per heavy atom. The van der Waals surface area contributed by atoms with Crippen molar-refractivity contribution in [1.82, 2.24) is 0 Å². The van der Waals surface area contributed by atoms with Crippen LogP contribution in [0.1, 0.15) is 36.3 Å². The fourth-order valence-electron chi connectivity index (χ4n) is 4.40. The van der Waals surface area contributed by atoms with Crippen LogP contribution in [0.4, 0.5) is 10.5 Å². The molecule has 8 heteroatoms. The molecule has 1 aliphatic carbocycles. The number of hydrogen-bond donors (Lipinski definition) is 2. The standard InChI is InChI=1S/C28H29NO7/c1-33-24-15-18(35-14-8-7-13-26(30)31)16-25(34-2)27(24)29-28(32)36-17-23-21-11-5-3-9-19(21)20-10-4-6-12-22(20)23/h3-6,9-12,15-16,23H,7-8,13-14,17H2,1-2H3,(H,29,32)(H,30,31). The molecule has 0 heterocycles. The maximum Gasteiger partial charge on any atom is 0.411 e. The Labute approximate surface area is 209 Å². The number of carbonyl (C=O) groups is 2. The highest BCUT2D eigenvalue weighted by atomic mass is 16.5. The second-order valence-corrected chi connectivity index (χ2v) is 8.35. The molecule has 3 aromatic carbocycles. The van der Waals surface area contributed by atoms with Crippen LogP contribution in [0.3, 0.4) is 0 Å². The van der Waals surface area contributed by atoms with E-state index in [1.165, 1.54) is 14.2 Å². The monoisotopic (exact) mass is 491 g/mol. The minimum absolute atomic E-state index is 0.0520. The Morgan fingerprint density at radius 1 is 0.889 bits per heavy atom. The first-order valence-electron chi connectivity index (χ1n) is 11.7. The van der Waals surface area contributed by atoms with E-state index < -0.39 is 12.1 Å². The smallest absolute Gasteiger partial charge is 0.411 e. The zero-order valence-corrected chi connectivity index (χ0v) is 20.3. The molecule has 0 aromatic heterocycles. The number of fused-ring (bicyclic) bond motifs is 3. The van der Waals surface area contributed by atoms with Gasteiger partial charge in [-0.3, -0.25) is 10.1 Å². The van der Waals surface area contributed by atoms with Gasteiger partial charge in [-0.15, -0.1) is 0 Å². The number of hydrogen-bond acceptors (Lipinski definition) is 6. The van der Waals surface area contributed by atoms with Crippen LogP contribution in [0.5, 0.6) is 17.2 Å². The summed E-state index contributed by atoms with van der Waals surface area (Å²) in [6, 6.07) is 19.6. The molecule has 1 amide bonds. The third kappa shape index (κ3) is 5.54. The lowest BCUT2D eigenvalue weighted by Gasteiger charge is -2.18. The van der Waals surface area contributed by atoms with Crippen LogP contribution < -0.4 is 19.5 Å². The maximum atomic E-state index is 12.8. The second-order valence-electron chi connectivity index (χ2n) is 8.35. The predicted molar refractivity (Wildman–Crippen MR) is 135 cm³/mol. The predicted octanol–water partition coefficient (Wildman–Crippen LogP) is 5.70. The van der Waals surface area contributed by atoms with E-state index in [9.17, 15) is 9.59 Å². The molecule has 0 spiro atoms. The normalized spacial score (nSPS) is 11.8. The quantitative estimate of drug-likeness (QED) is 0.332. The number of aliphatic carboxylic acids is 1. The zero-order valence-electron chi connectivity index (χ0n) is 20.3. The number of nitrogens with one attached hydrogen (secondary N) is 1. The SMILES string of the molecule is COc1cc(OCCCCC(=O)O)cc(OC)c1NC(=O)OCC1c2ccccc2-c2ccccc21. The number of ether oxygens (including phenoxy) is 4. The Kier molecular flexibility index (Phi) is 7.95. The number of carboxylic acids is 1. The van der Waals surface area contributed by atoms with Crippen molar-refractivity contribution in [3.8, 4) is 28.4 Å². The second kappa shape index (κ2) is 11.5. The molecule has 1 aliphatic rings. The minimum Gasteiger partial charge on any atom is -0.494 e.